The molecule has 7 heteroatoms. The van der Waals surface area contributed by atoms with Gasteiger partial charge in [-0.05, 0) is 52.7 Å². The van der Waals surface area contributed by atoms with Crippen molar-refractivity contribution in [1.82, 2.24) is 9.97 Å². The number of para-hydroxylation sites is 1. The Kier molecular flexibility index (Phi) is 5.65. The largest absolute Gasteiger partial charge is 0.325 e. The van der Waals surface area contributed by atoms with Gasteiger partial charge in [-0.3, -0.25) is 9.59 Å². The number of nitrogens with zero attached hydrogens (tertiary/aromatic N) is 1. The van der Waals surface area contributed by atoms with Crippen LogP contribution in [0.3, 0.4) is 0 Å². The van der Waals surface area contributed by atoms with Crippen molar-refractivity contribution < 1.29 is 4.79 Å². The Bertz CT molecular complexity index is 985. The number of aromatic nitrogens is 2. The SMILES string of the molecule is O=C(CCCc1nc2ccccc2c(=O)[nH]1)Nc1ccc(Br)cc1Br. The molecule has 0 atom stereocenters. The Hall–Kier alpha value is -1.99. The van der Waals surface area contributed by atoms with E-state index in [-0.39, 0.29) is 11.5 Å². The zero-order valence-electron chi connectivity index (χ0n) is 13.2. The second-order valence-electron chi connectivity index (χ2n) is 5.56. The van der Waals surface area contributed by atoms with Gasteiger partial charge in [0.05, 0.1) is 16.6 Å². The number of aryl methyl sites for hydroxylation is 1. The van der Waals surface area contributed by atoms with E-state index in [1.807, 2.05) is 36.4 Å². The molecular weight excluding hydrogens is 450 g/mol. The summed E-state index contributed by atoms with van der Waals surface area (Å²) >= 11 is 6.79. The van der Waals surface area contributed by atoms with Gasteiger partial charge in [0.25, 0.3) is 5.56 Å². The quantitative estimate of drug-likeness (QED) is 0.587. The Morgan fingerprint density at radius 3 is 2.76 bits per heavy atom. The number of hydrogen-bond donors (Lipinski definition) is 2. The van der Waals surface area contributed by atoms with Crippen molar-refractivity contribution in [3.63, 3.8) is 0 Å². The van der Waals surface area contributed by atoms with Crippen LogP contribution in [-0.4, -0.2) is 15.9 Å². The smallest absolute Gasteiger partial charge is 0.258 e. The average molecular weight is 465 g/mol. The van der Waals surface area contributed by atoms with Crippen LogP contribution in [0.25, 0.3) is 10.9 Å². The van der Waals surface area contributed by atoms with Crippen molar-refractivity contribution in [2.75, 3.05) is 5.32 Å². The summed E-state index contributed by atoms with van der Waals surface area (Å²) in [7, 11) is 0. The number of anilines is 1. The molecule has 0 aliphatic carbocycles. The topological polar surface area (TPSA) is 74.8 Å². The number of fused-ring (bicyclic) bond motifs is 1. The summed E-state index contributed by atoms with van der Waals surface area (Å²) in [4.78, 5) is 31.3. The van der Waals surface area contributed by atoms with E-state index in [0.717, 1.165) is 14.6 Å². The molecule has 5 nitrogen and oxygen atoms in total. The fraction of sp³-hybridized carbons (Fsp3) is 0.167. The minimum Gasteiger partial charge on any atom is -0.325 e. The van der Waals surface area contributed by atoms with E-state index in [1.54, 1.807) is 6.07 Å². The zero-order valence-corrected chi connectivity index (χ0v) is 16.4. The molecule has 0 fully saturated rings. The van der Waals surface area contributed by atoms with E-state index in [4.69, 9.17) is 0 Å². The number of halogens is 2. The van der Waals surface area contributed by atoms with E-state index in [0.29, 0.717) is 36.0 Å². The molecule has 25 heavy (non-hydrogen) atoms. The van der Waals surface area contributed by atoms with Crippen molar-refractivity contribution in [1.29, 1.82) is 0 Å². The van der Waals surface area contributed by atoms with Gasteiger partial charge in [0, 0.05) is 21.8 Å². The lowest BCUT2D eigenvalue weighted by Crippen LogP contribution is -2.14. The molecule has 0 unspecified atom stereocenters. The van der Waals surface area contributed by atoms with Gasteiger partial charge in [-0.15, -0.1) is 0 Å². The van der Waals surface area contributed by atoms with Gasteiger partial charge in [-0.25, -0.2) is 4.98 Å². The maximum Gasteiger partial charge on any atom is 0.258 e. The summed E-state index contributed by atoms with van der Waals surface area (Å²) in [5.41, 5.74) is 1.25. The summed E-state index contributed by atoms with van der Waals surface area (Å²) in [5.74, 6) is 0.521. The first-order valence-electron chi connectivity index (χ1n) is 7.76. The number of carbonyl (C=O) groups is 1. The number of rotatable bonds is 5. The fourth-order valence-corrected chi connectivity index (χ4v) is 3.62. The molecule has 0 aliphatic rings. The van der Waals surface area contributed by atoms with Crippen LogP contribution >= 0.6 is 31.9 Å². The zero-order chi connectivity index (χ0) is 17.8. The number of amides is 1. The third kappa shape index (κ3) is 4.55. The highest BCUT2D eigenvalue weighted by molar-refractivity contribution is 9.11. The number of carbonyl (C=O) groups excluding carboxylic acids is 1. The monoisotopic (exact) mass is 463 g/mol. The molecule has 1 aromatic heterocycles. The summed E-state index contributed by atoms with van der Waals surface area (Å²) in [6, 6.07) is 12.8. The number of H-pyrrole nitrogens is 1. The van der Waals surface area contributed by atoms with Crippen LogP contribution < -0.4 is 10.9 Å². The third-order valence-corrected chi connectivity index (χ3v) is 4.83. The maximum absolute atomic E-state index is 12.1. The molecule has 2 aromatic carbocycles. The summed E-state index contributed by atoms with van der Waals surface area (Å²) in [6.07, 6.45) is 1.48. The standard InChI is InChI=1S/C18H15Br2N3O2/c19-11-8-9-15(13(20)10-11)22-17(24)7-3-6-16-21-14-5-2-1-4-12(14)18(25)23-16/h1-2,4-5,8-10H,3,6-7H2,(H,22,24)(H,21,23,25). The highest BCUT2D eigenvalue weighted by Gasteiger charge is 2.08. The van der Waals surface area contributed by atoms with Crippen LogP contribution in [0.15, 0.2) is 56.2 Å². The predicted molar refractivity (Wildman–Crippen MR) is 106 cm³/mol. The Balaban J connectivity index is 1.59. The van der Waals surface area contributed by atoms with E-state index in [1.165, 1.54) is 0 Å². The van der Waals surface area contributed by atoms with Crippen molar-refractivity contribution in [2.24, 2.45) is 0 Å². The van der Waals surface area contributed by atoms with Gasteiger partial charge in [0.15, 0.2) is 0 Å². The number of nitrogens with one attached hydrogen (secondary N) is 2. The molecular formula is C18H15Br2N3O2. The lowest BCUT2D eigenvalue weighted by Gasteiger charge is -2.08. The van der Waals surface area contributed by atoms with Gasteiger partial charge in [-0.2, -0.15) is 0 Å². The minimum absolute atomic E-state index is 0.0776. The Labute approximate surface area is 161 Å². The van der Waals surface area contributed by atoms with Crippen LogP contribution in [-0.2, 0) is 11.2 Å². The second-order valence-corrected chi connectivity index (χ2v) is 7.33. The molecule has 2 N–H and O–H groups in total. The molecule has 0 aliphatic heterocycles. The van der Waals surface area contributed by atoms with Crippen LogP contribution in [0.4, 0.5) is 5.69 Å². The van der Waals surface area contributed by atoms with Crippen molar-refractivity contribution in [2.45, 2.75) is 19.3 Å². The Morgan fingerprint density at radius 1 is 1.16 bits per heavy atom. The van der Waals surface area contributed by atoms with E-state index in [2.05, 4.69) is 47.1 Å². The van der Waals surface area contributed by atoms with Crippen LogP contribution in [0.2, 0.25) is 0 Å². The molecule has 0 saturated carbocycles. The third-order valence-electron chi connectivity index (χ3n) is 3.68. The lowest BCUT2D eigenvalue weighted by molar-refractivity contribution is -0.116. The molecule has 0 bridgehead atoms. The molecule has 1 heterocycles. The molecule has 3 aromatic rings. The summed E-state index contributed by atoms with van der Waals surface area (Å²) in [6.45, 7) is 0. The lowest BCUT2D eigenvalue weighted by atomic mass is 10.2. The number of hydrogen-bond acceptors (Lipinski definition) is 3. The predicted octanol–water partition coefficient (Wildman–Crippen LogP) is 4.41. The highest BCUT2D eigenvalue weighted by Crippen LogP contribution is 2.26. The van der Waals surface area contributed by atoms with Crippen LogP contribution in [0.5, 0.6) is 0 Å². The van der Waals surface area contributed by atoms with Gasteiger partial charge in [-0.1, -0.05) is 28.1 Å². The van der Waals surface area contributed by atoms with Crippen molar-refractivity contribution in [3.05, 3.63) is 67.6 Å². The first-order chi connectivity index (χ1) is 12.0. The first kappa shape index (κ1) is 17.8. The first-order valence-corrected chi connectivity index (χ1v) is 9.34. The van der Waals surface area contributed by atoms with Gasteiger partial charge in [0.2, 0.25) is 5.91 Å². The summed E-state index contributed by atoms with van der Waals surface area (Å²) in [5, 5.41) is 3.44. The molecule has 1 amide bonds. The normalized spacial score (nSPS) is 10.8. The van der Waals surface area contributed by atoms with Crippen LogP contribution in [0.1, 0.15) is 18.7 Å². The molecule has 128 valence electrons. The highest BCUT2D eigenvalue weighted by atomic mass is 79.9. The summed E-state index contributed by atoms with van der Waals surface area (Å²) < 4.78 is 1.75. The maximum atomic E-state index is 12.1. The van der Waals surface area contributed by atoms with Crippen LogP contribution in [0, 0.1) is 0 Å². The molecule has 0 radical (unpaired) electrons. The minimum atomic E-state index is -0.149. The van der Waals surface area contributed by atoms with E-state index < -0.39 is 0 Å². The average Bonchev–Trinajstić information content (AvgIpc) is 2.57. The fourth-order valence-electron chi connectivity index (χ4n) is 2.47. The molecule has 3 rings (SSSR count). The van der Waals surface area contributed by atoms with E-state index in [9.17, 15) is 9.59 Å². The van der Waals surface area contributed by atoms with Gasteiger partial charge >= 0.3 is 0 Å². The second kappa shape index (κ2) is 7.93. The molecule has 0 spiro atoms. The Morgan fingerprint density at radius 2 is 1.96 bits per heavy atom. The number of benzene rings is 2. The van der Waals surface area contributed by atoms with Gasteiger partial charge in [0.1, 0.15) is 5.82 Å². The van der Waals surface area contributed by atoms with Crippen molar-refractivity contribution in [3.8, 4) is 0 Å². The molecule has 0 saturated heterocycles. The van der Waals surface area contributed by atoms with Crippen molar-refractivity contribution >= 4 is 54.4 Å². The number of aromatic amines is 1. The van der Waals surface area contributed by atoms with Gasteiger partial charge < -0.3 is 10.3 Å². The van der Waals surface area contributed by atoms with E-state index >= 15 is 0 Å².